The molecule has 0 aliphatic rings. The van der Waals surface area contributed by atoms with Gasteiger partial charge in [0.15, 0.2) is 0 Å². The summed E-state index contributed by atoms with van der Waals surface area (Å²) in [4.78, 5) is 9.04. The molecular weight excluding hydrogens is 1210 g/mol. The van der Waals surface area contributed by atoms with Crippen LogP contribution in [0.15, 0.2) is 388 Å². The average molecular weight is 1290 g/mol. The molecular formula is C96H76N4. The fraction of sp³-hybridized carbons (Fsp3) is 0.0417. The third-order valence-electron chi connectivity index (χ3n) is 19.4. The highest BCUT2D eigenvalue weighted by molar-refractivity contribution is 6.10. The van der Waals surface area contributed by atoms with Crippen molar-refractivity contribution in [2.75, 3.05) is 47.8 Å². The Hall–Kier alpha value is -12.8. The summed E-state index contributed by atoms with van der Waals surface area (Å²) in [6.45, 7) is 0. The van der Waals surface area contributed by atoms with Crippen LogP contribution < -0.4 is 19.6 Å². The van der Waals surface area contributed by atoms with Gasteiger partial charge in [-0.05, 0) is 171 Å². The lowest BCUT2D eigenvalue weighted by atomic mass is 10.0. The molecule has 0 fully saturated rings. The molecule has 0 aliphatic carbocycles. The van der Waals surface area contributed by atoms with E-state index in [1.165, 1.54) is 154 Å². The molecule has 0 bridgehead atoms. The number of anilines is 8. The van der Waals surface area contributed by atoms with E-state index in [0.717, 1.165) is 0 Å². The van der Waals surface area contributed by atoms with Crippen molar-refractivity contribution in [1.82, 2.24) is 0 Å². The van der Waals surface area contributed by atoms with Gasteiger partial charge >= 0.3 is 0 Å². The molecule has 0 aromatic heterocycles. The first kappa shape index (κ1) is 63.3. The molecule has 0 aliphatic heterocycles. The van der Waals surface area contributed by atoms with E-state index in [1.54, 1.807) is 0 Å². The molecule has 0 unspecified atom stereocenters. The number of benzene rings is 18. The highest BCUT2D eigenvalue weighted by atomic mass is 15.1. The van der Waals surface area contributed by atoms with Crippen molar-refractivity contribution >= 4 is 132 Å². The molecule has 18 aromatic rings. The third-order valence-corrected chi connectivity index (χ3v) is 19.4. The number of hydrogen-bond acceptors (Lipinski definition) is 4. The zero-order chi connectivity index (χ0) is 67.7. The highest BCUT2D eigenvalue weighted by Crippen LogP contribution is 2.39. The van der Waals surface area contributed by atoms with Crippen molar-refractivity contribution in [3.63, 3.8) is 0 Å². The van der Waals surface area contributed by atoms with Crippen LogP contribution in [0.25, 0.3) is 108 Å². The average Bonchev–Trinajstić information content (AvgIpc) is 0.791. The predicted octanol–water partition coefficient (Wildman–Crippen LogP) is 26.4. The van der Waals surface area contributed by atoms with Crippen molar-refractivity contribution in [2.45, 2.75) is 0 Å². The van der Waals surface area contributed by atoms with E-state index in [1.807, 2.05) is 0 Å². The fourth-order valence-electron chi connectivity index (χ4n) is 13.9. The van der Waals surface area contributed by atoms with E-state index in [9.17, 15) is 0 Å². The molecule has 0 saturated heterocycles. The van der Waals surface area contributed by atoms with Crippen LogP contribution in [-0.2, 0) is 0 Å². The Morgan fingerprint density at radius 2 is 0.450 bits per heavy atom. The maximum atomic E-state index is 2.28. The molecule has 4 nitrogen and oxygen atoms in total. The van der Waals surface area contributed by atoms with Gasteiger partial charge in [-0.15, -0.1) is 0 Å². The third kappa shape index (κ3) is 13.4. The summed E-state index contributed by atoms with van der Waals surface area (Å²) in [6, 6.07) is 138. The summed E-state index contributed by atoms with van der Waals surface area (Å²) in [5.41, 5.74) is 14.6. The molecule has 0 spiro atoms. The largest absolute Gasteiger partial charge is 0.345 e. The Kier molecular flexibility index (Phi) is 18.3. The van der Waals surface area contributed by atoms with Gasteiger partial charge in [0.2, 0.25) is 0 Å². The van der Waals surface area contributed by atoms with Crippen LogP contribution in [0.2, 0.25) is 0 Å². The van der Waals surface area contributed by atoms with Crippen LogP contribution in [0.1, 0.15) is 0 Å². The first-order valence-corrected chi connectivity index (χ1v) is 34.3. The molecule has 18 aromatic carbocycles. The van der Waals surface area contributed by atoms with Gasteiger partial charge in [0.1, 0.15) is 0 Å². The van der Waals surface area contributed by atoms with Gasteiger partial charge in [-0.2, -0.15) is 0 Å². The van der Waals surface area contributed by atoms with Crippen LogP contribution in [0.5, 0.6) is 0 Å². The van der Waals surface area contributed by atoms with Gasteiger partial charge < -0.3 is 19.6 Å². The summed E-state index contributed by atoms with van der Waals surface area (Å²) in [6.07, 6.45) is 0. The quantitative estimate of drug-likeness (QED) is 0.127. The Balaban J connectivity index is 0.000000109. The monoisotopic (exact) mass is 1280 g/mol. The van der Waals surface area contributed by atoms with Crippen molar-refractivity contribution < 1.29 is 0 Å². The van der Waals surface area contributed by atoms with Crippen LogP contribution in [0, 0.1) is 0 Å². The minimum Gasteiger partial charge on any atom is -0.345 e. The Morgan fingerprint density at radius 3 is 0.950 bits per heavy atom. The number of rotatable bonds is 10. The molecule has 0 heterocycles. The van der Waals surface area contributed by atoms with E-state index in [4.69, 9.17) is 0 Å². The van der Waals surface area contributed by atoms with Gasteiger partial charge in [-0.3, -0.25) is 0 Å². The smallest absolute Gasteiger partial charge is 0.0487 e. The molecule has 480 valence electrons. The minimum atomic E-state index is 1.18. The number of hydrogen-bond donors (Lipinski definition) is 0. The van der Waals surface area contributed by atoms with Gasteiger partial charge in [-0.25, -0.2) is 0 Å². The van der Waals surface area contributed by atoms with Crippen LogP contribution in [-0.4, -0.2) is 28.2 Å². The highest BCUT2D eigenvalue weighted by Gasteiger charge is 2.15. The summed E-state index contributed by atoms with van der Waals surface area (Å²) in [5.74, 6) is 0. The van der Waals surface area contributed by atoms with E-state index in [2.05, 4.69) is 436 Å². The van der Waals surface area contributed by atoms with Gasteiger partial charge in [0.05, 0.1) is 0 Å². The van der Waals surface area contributed by atoms with E-state index in [-0.39, 0.29) is 0 Å². The first-order chi connectivity index (χ1) is 49.3. The lowest BCUT2D eigenvalue weighted by Gasteiger charge is -2.23. The number of nitrogens with zero attached hydrogens (tertiary/aromatic N) is 4. The van der Waals surface area contributed by atoms with E-state index >= 15 is 0 Å². The van der Waals surface area contributed by atoms with Gasteiger partial charge in [0.25, 0.3) is 0 Å². The molecule has 0 atom stereocenters. The summed E-state index contributed by atoms with van der Waals surface area (Å²) in [5, 5.41) is 20.5. The summed E-state index contributed by atoms with van der Waals surface area (Å²) in [7, 11) is 8.54. The second-order valence-corrected chi connectivity index (χ2v) is 25.5. The zero-order valence-corrected chi connectivity index (χ0v) is 56.7. The summed E-state index contributed by atoms with van der Waals surface area (Å²) >= 11 is 0. The molecule has 0 saturated carbocycles. The maximum absolute atomic E-state index is 2.28. The molecule has 0 radical (unpaired) electrons. The fourth-order valence-corrected chi connectivity index (χ4v) is 13.9. The molecule has 4 heteroatoms. The van der Waals surface area contributed by atoms with Crippen molar-refractivity contribution in [3.05, 3.63) is 388 Å². The zero-order valence-electron chi connectivity index (χ0n) is 56.7. The van der Waals surface area contributed by atoms with Crippen LogP contribution >= 0.6 is 0 Å². The predicted molar refractivity (Wildman–Crippen MR) is 435 cm³/mol. The molecule has 0 N–H and O–H groups in total. The van der Waals surface area contributed by atoms with Crippen molar-refractivity contribution in [2.24, 2.45) is 0 Å². The molecule has 18 rings (SSSR count). The second-order valence-electron chi connectivity index (χ2n) is 25.5. The van der Waals surface area contributed by atoms with Crippen molar-refractivity contribution in [3.8, 4) is 22.3 Å². The van der Waals surface area contributed by atoms with E-state index in [0.29, 0.717) is 0 Å². The minimum absolute atomic E-state index is 1.18. The maximum Gasteiger partial charge on any atom is 0.0487 e. The summed E-state index contributed by atoms with van der Waals surface area (Å²) < 4.78 is 0. The first-order valence-electron chi connectivity index (χ1n) is 34.3. The lowest BCUT2D eigenvalue weighted by molar-refractivity contribution is 1.21. The second kappa shape index (κ2) is 28.9. The lowest BCUT2D eigenvalue weighted by Crippen LogP contribution is -2.10. The Labute approximate surface area is 586 Å². The van der Waals surface area contributed by atoms with Gasteiger partial charge in [-0.1, -0.05) is 309 Å². The van der Waals surface area contributed by atoms with Crippen LogP contribution in [0.4, 0.5) is 45.5 Å². The molecule has 100 heavy (non-hydrogen) atoms. The van der Waals surface area contributed by atoms with E-state index < -0.39 is 0 Å². The normalized spacial score (nSPS) is 11.0. The topological polar surface area (TPSA) is 13.0 Å². The Morgan fingerprint density at radius 1 is 0.150 bits per heavy atom. The SMILES string of the molecule is CN(c1ccc2c(ccc3ccccc32)c1)c1ccccc1-c1ccccc1.CN(c1ccc2ccccc2c1)c1ccc2ccccc2c1.CN(c1cccc(-c2ccccc2)c1)c1ccc2c(ccc3ccccc32)c1.CN(c1cccc2ccccc12)c1cccc2ccccc12. The Bertz CT molecular complexity index is 5740. The standard InChI is InChI=1S/2C27H21N.2C21H17N/c1-28(27-14-8-7-13-26(27)20-9-3-2-4-10-20)23-17-18-25-22(19-23)16-15-21-11-5-6-12-24(21)25;1-28(24-12-7-11-22(18-24)20-8-3-2-4-9-20)25-16-17-27-23(19-25)15-14-21-10-5-6-13-26(21)27;1-22(20-14-6-10-16-8-2-4-12-18(16)20)21-15-7-11-17-9-3-5-13-19(17)21;1-22(20-12-10-16-6-2-4-8-18(16)14-20)21-13-11-17-7-3-5-9-19(17)15-21/h2*2-19H,1H3;2*2-15H,1H3. The number of fused-ring (bicyclic) bond motifs is 10. The van der Waals surface area contributed by atoms with Crippen LogP contribution in [0.3, 0.4) is 0 Å². The van der Waals surface area contributed by atoms with Gasteiger partial charge in [0, 0.05) is 90.0 Å². The van der Waals surface area contributed by atoms with Crippen molar-refractivity contribution in [1.29, 1.82) is 0 Å². The number of para-hydroxylation sites is 1. The molecule has 0 amide bonds.